The van der Waals surface area contributed by atoms with Crippen molar-refractivity contribution in [3.05, 3.63) is 81.8 Å². The van der Waals surface area contributed by atoms with Crippen molar-refractivity contribution in [3.63, 3.8) is 0 Å². The van der Waals surface area contributed by atoms with Crippen molar-refractivity contribution in [1.82, 2.24) is 5.32 Å². The van der Waals surface area contributed by atoms with Crippen molar-refractivity contribution in [1.29, 1.82) is 0 Å². The fourth-order valence-corrected chi connectivity index (χ4v) is 4.52. The molecule has 4 aromatic rings. The van der Waals surface area contributed by atoms with Crippen molar-refractivity contribution >= 4 is 38.7 Å². The Morgan fingerprint density at radius 1 is 1.16 bits per heavy atom. The molecule has 0 radical (unpaired) electrons. The van der Waals surface area contributed by atoms with Crippen LogP contribution in [0, 0.1) is 0 Å². The Labute approximate surface area is 152 Å². The lowest BCUT2D eigenvalue weighted by Gasteiger charge is -2.25. The lowest BCUT2D eigenvalue weighted by Crippen LogP contribution is -2.40. The normalized spacial score (nSPS) is 13.6. The number of nitrogens with one attached hydrogen (secondary N) is 1. The third kappa shape index (κ3) is 3.00. The zero-order chi connectivity index (χ0) is 17.3. The van der Waals surface area contributed by atoms with Crippen LogP contribution in [-0.2, 0) is 5.60 Å². The van der Waals surface area contributed by atoms with Gasteiger partial charge in [0.2, 0.25) is 0 Å². The first-order chi connectivity index (χ1) is 12.2. The highest BCUT2D eigenvalue weighted by Gasteiger charge is 2.36. The van der Waals surface area contributed by atoms with Gasteiger partial charge in [0.25, 0.3) is 5.91 Å². The SMILES string of the molecule is O=C(NC[C@@](O)(c1ccco1)c1cccs1)c1cc2ccccc2s1. The van der Waals surface area contributed by atoms with E-state index in [2.05, 4.69) is 5.32 Å². The Morgan fingerprint density at radius 3 is 2.76 bits per heavy atom. The zero-order valence-electron chi connectivity index (χ0n) is 13.1. The van der Waals surface area contributed by atoms with E-state index in [0.29, 0.717) is 10.6 Å². The number of benzene rings is 1. The Balaban J connectivity index is 1.58. The van der Waals surface area contributed by atoms with Crippen LogP contribution in [0.2, 0.25) is 0 Å². The number of hydrogen-bond donors (Lipinski definition) is 2. The van der Waals surface area contributed by atoms with Gasteiger partial charge in [-0.2, -0.15) is 0 Å². The average molecular weight is 369 g/mol. The van der Waals surface area contributed by atoms with Crippen molar-refractivity contribution < 1.29 is 14.3 Å². The summed E-state index contributed by atoms with van der Waals surface area (Å²) in [6.07, 6.45) is 1.52. The number of fused-ring (bicyclic) bond motifs is 1. The second-order valence-electron chi connectivity index (χ2n) is 5.65. The maximum atomic E-state index is 12.6. The molecule has 1 atom stereocenters. The third-order valence-corrected chi connectivity index (χ3v) is 6.15. The molecule has 126 valence electrons. The molecule has 3 aromatic heterocycles. The number of carbonyl (C=O) groups is 1. The van der Waals surface area contributed by atoms with Crippen LogP contribution < -0.4 is 5.32 Å². The molecule has 0 spiro atoms. The van der Waals surface area contributed by atoms with E-state index in [-0.39, 0.29) is 12.5 Å². The summed E-state index contributed by atoms with van der Waals surface area (Å²) in [6.45, 7) is 0.0358. The molecule has 0 unspecified atom stereocenters. The standard InChI is InChI=1S/C19H15NO3S2/c21-18(15-11-13-5-1-2-6-14(13)25-15)20-12-19(22,16-7-3-9-23-16)17-8-4-10-24-17/h1-11,22H,12H2,(H,20,21)/t19-/m1/s1. The highest BCUT2D eigenvalue weighted by Crippen LogP contribution is 2.33. The van der Waals surface area contributed by atoms with Crippen LogP contribution in [0.4, 0.5) is 0 Å². The molecule has 0 aliphatic carbocycles. The highest BCUT2D eigenvalue weighted by atomic mass is 32.1. The summed E-state index contributed by atoms with van der Waals surface area (Å²) in [5.41, 5.74) is -1.38. The molecule has 6 heteroatoms. The number of carbonyl (C=O) groups excluding carboxylic acids is 1. The van der Waals surface area contributed by atoms with Gasteiger partial charge in [-0.25, -0.2) is 0 Å². The molecule has 0 fully saturated rings. The van der Waals surface area contributed by atoms with Crippen LogP contribution in [0.25, 0.3) is 10.1 Å². The molecule has 0 aliphatic rings. The molecular formula is C19H15NO3S2. The van der Waals surface area contributed by atoms with Crippen molar-refractivity contribution in [2.45, 2.75) is 5.60 Å². The van der Waals surface area contributed by atoms with E-state index < -0.39 is 5.60 Å². The third-order valence-electron chi connectivity index (χ3n) is 4.01. The first kappa shape index (κ1) is 16.1. The molecule has 4 nitrogen and oxygen atoms in total. The van der Waals surface area contributed by atoms with E-state index >= 15 is 0 Å². The van der Waals surface area contributed by atoms with Gasteiger partial charge in [-0.3, -0.25) is 4.79 Å². The van der Waals surface area contributed by atoms with E-state index in [1.54, 1.807) is 12.1 Å². The fourth-order valence-electron chi connectivity index (χ4n) is 2.71. The van der Waals surface area contributed by atoms with E-state index in [1.165, 1.54) is 28.9 Å². The molecule has 2 N–H and O–H groups in total. The highest BCUT2D eigenvalue weighted by molar-refractivity contribution is 7.20. The summed E-state index contributed by atoms with van der Waals surface area (Å²) in [6, 6.07) is 16.9. The van der Waals surface area contributed by atoms with Crippen LogP contribution in [0.3, 0.4) is 0 Å². The molecule has 3 heterocycles. The van der Waals surface area contributed by atoms with Crippen LogP contribution in [0.15, 0.2) is 70.7 Å². The second-order valence-corrected chi connectivity index (χ2v) is 7.68. The molecule has 0 saturated carbocycles. The largest absolute Gasteiger partial charge is 0.466 e. The maximum Gasteiger partial charge on any atom is 0.261 e. The minimum atomic E-state index is -1.38. The Morgan fingerprint density at radius 2 is 2.04 bits per heavy atom. The van der Waals surface area contributed by atoms with Gasteiger partial charge in [0.1, 0.15) is 5.76 Å². The Kier molecular flexibility index (Phi) is 4.17. The number of thiophene rings is 2. The van der Waals surface area contributed by atoms with Gasteiger partial charge >= 0.3 is 0 Å². The Bertz CT molecular complexity index is 920. The number of furan rings is 1. The molecule has 0 saturated heterocycles. The van der Waals surface area contributed by atoms with Gasteiger partial charge < -0.3 is 14.8 Å². The predicted molar refractivity (Wildman–Crippen MR) is 100 cm³/mol. The number of aliphatic hydroxyl groups is 1. The first-order valence-electron chi connectivity index (χ1n) is 7.74. The summed E-state index contributed by atoms with van der Waals surface area (Å²) in [4.78, 5) is 13.9. The van der Waals surface area contributed by atoms with Gasteiger partial charge in [-0.15, -0.1) is 22.7 Å². The van der Waals surface area contributed by atoms with Crippen molar-refractivity contribution in [2.75, 3.05) is 6.54 Å². The van der Waals surface area contributed by atoms with Gasteiger partial charge in [0.15, 0.2) is 5.60 Å². The summed E-state index contributed by atoms with van der Waals surface area (Å²) >= 11 is 2.86. The topological polar surface area (TPSA) is 62.5 Å². The van der Waals surface area contributed by atoms with Crippen molar-refractivity contribution in [2.24, 2.45) is 0 Å². The molecule has 25 heavy (non-hydrogen) atoms. The van der Waals surface area contributed by atoms with Gasteiger partial charge in [-0.05, 0) is 41.1 Å². The molecular weight excluding hydrogens is 354 g/mol. The van der Waals surface area contributed by atoms with Crippen LogP contribution in [-0.4, -0.2) is 17.6 Å². The van der Waals surface area contributed by atoms with Crippen LogP contribution >= 0.6 is 22.7 Å². The van der Waals surface area contributed by atoms with Gasteiger partial charge in [-0.1, -0.05) is 24.3 Å². The maximum absolute atomic E-state index is 12.6. The van der Waals surface area contributed by atoms with E-state index in [1.807, 2.05) is 47.8 Å². The lowest BCUT2D eigenvalue weighted by molar-refractivity contribution is 0.0555. The molecule has 0 aliphatic heterocycles. The molecule has 4 rings (SSSR count). The fraction of sp³-hybridized carbons (Fsp3) is 0.105. The van der Waals surface area contributed by atoms with Gasteiger partial charge in [0.05, 0.1) is 17.7 Å². The quantitative estimate of drug-likeness (QED) is 0.554. The minimum Gasteiger partial charge on any atom is -0.466 e. The smallest absolute Gasteiger partial charge is 0.261 e. The lowest BCUT2D eigenvalue weighted by atomic mass is 9.98. The monoisotopic (exact) mass is 369 g/mol. The summed E-state index contributed by atoms with van der Waals surface area (Å²) in [5, 5.41) is 16.9. The number of rotatable bonds is 5. The molecule has 0 bridgehead atoms. The Hall–Kier alpha value is -2.41. The molecule has 1 aromatic carbocycles. The predicted octanol–water partition coefficient (Wildman–Crippen LogP) is 4.22. The zero-order valence-corrected chi connectivity index (χ0v) is 14.8. The number of amides is 1. The summed E-state index contributed by atoms with van der Waals surface area (Å²) in [7, 11) is 0. The summed E-state index contributed by atoms with van der Waals surface area (Å²) in [5.74, 6) is 0.203. The second kappa shape index (κ2) is 6.48. The van der Waals surface area contributed by atoms with Crippen LogP contribution in [0.5, 0.6) is 0 Å². The first-order valence-corrected chi connectivity index (χ1v) is 9.43. The minimum absolute atomic E-state index is 0.0358. The van der Waals surface area contributed by atoms with Crippen LogP contribution in [0.1, 0.15) is 20.3 Å². The van der Waals surface area contributed by atoms with E-state index in [0.717, 1.165) is 15.0 Å². The van der Waals surface area contributed by atoms with E-state index in [9.17, 15) is 9.90 Å². The van der Waals surface area contributed by atoms with Gasteiger partial charge in [0, 0.05) is 9.58 Å². The van der Waals surface area contributed by atoms with E-state index in [4.69, 9.17) is 4.42 Å². The molecule has 1 amide bonds. The average Bonchev–Trinajstić information content (AvgIpc) is 3.40. The summed E-state index contributed by atoms with van der Waals surface area (Å²) < 4.78 is 6.48. The van der Waals surface area contributed by atoms with Crippen molar-refractivity contribution in [3.8, 4) is 0 Å². The number of hydrogen-bond acceptors (Lipinski definition) is 5.